The van der Waals surface area contributed by atoms with Gasteiger partial charge in [-0.3, -0.25) is 19.3 Å². The molecule has 0 unspecified atom stereocenters. The van der Waals surface area contributed by atoms with Crippen LogP contribution in [0.2, 0.25) is 0 Å². The summed E-state index contributed by atoms with van der Waals surface area (Å²) in [6.45, 7) is 2.72. The topological polar surface area (TPSA) is 92.8 Å². The van der Waals surface area contributed by atoms with Gasteiger partial charge in [0.2, 0.25) is 11.8 Å². The van der Waals surface area contributed by atoms with E-state index in [1.54, 1.807) is 6.07 Å². The van der Waals surface area contributed by atoms with Crippen LogP contribution in [-0.2, 0) is 23.9 Å². The molecule has 1 aromatic carbocycles. The SMILES string of the molecule is C[C@H](OC(=O)[C@H](C)N1C(=O)[C@H]2CC=CC[C@H]2C1=O)C(=O)Nc1ccccc1F. The first-order valence-corrected chi connectivity index (χ1v) is 9.09. The van der Waals surface area contributed by atoms with Crippen molar-refractivity contribution in [1.29, 1.82) is 0 Å². The lowest BCUT2D eigenvalue weighted by Gasteiger charge is -2.23. The van der Waals surface area contributed by atoms with Crippen molar-refractivity contribution in [2.24, 2.45) is 11.8 Å². The van der Waals surface area contributed by atoms with Gasteiger partial charge >= 0.3 is 5.97 Å². The van der Waals surface area contributed by atoms with Crippen LogP contribution in [0.3, 0.4) is 0 Å². The highest BCUT2D eigenvalue weighted by atomic mass is 19.1. The van der Waals surface area contributed by atoms with Gasteiger partial charge in [0.1, 0.15) is 11.9 Å². The van der Waals surface area contributed by atoms with Gasteiger partial charge in [0.05, 0.1) is 17.5 Å². The van der Waals surface area contributed by atoms with Crippen LogP contribution in [0.5, 0.6) is 0 Å². The van der Waals surface area contributed by atoms with Crippen LogP contribution >= 0.6 is 0 Å². The maximum atomic E-state index is 13.6. The molecule has 4 atom stereocenters. The molecule has 1 fully saturated rings. The molecule has 0 radical (unpaired) electrons. The maximum absolute atomic E-state index is 13.6. The molecule has 7 nitrogen and oxygen atoms in total. The molecule has 1 heterocycles. The third-order valence-electron chi connectivity index (χ3n) is 5.06. The third-order valence-corrected chi connectivity index (χ3v) is 5.06. The molecule has 1 N–H and O–H groups in total. The summed E-state index contributed by atoms with van der Waals surface area (Å²) in [5.41, 5.74) is -0.0371. The second-order valence-corrected chi connectivity index (χ2v) is 6.93. The summed E-state index contributed by atoms with van der Waals surface area (Å²) < 4.78 is 18.7. The van der Waals surface area contributed by atoms with E-state index in [4.69, 9.17) is 4.74 Å². The number of esters is 1. The third kappa shape index (κ3) is 3.67. The molecule has 2 aliphatic rings. The van der Waals surface area contributed by atoms with Crippen molar-refractivity contribution in [3.8, 4) is 0 Å². The number of imide groups is 1. The van der Waals surface area contributed by atoms with Gasteiger partial charge in [0.15, 0.2) is 6.10 Å². The second kappa shape index (κ2) is 7.92. The summed E-state index contributed by atoms with van der Waals surface area (Å²) in [5.74, 6) is -3.90. The van der Waals surface area contributed by atoms with Gasteiger partial charge in [-0.1, -0.05) is 24.3 Å². The highest BCUT2D eigenvalue weighted by molar-refractivity contribution is 6.08. The van der Waals surface area contributed by atoms with E-state index in [1.165, 1.54) is 32.0 Å². The first kappa shape index (κ1) is 19.7. The Hall–Kier alpha value is -3.03. The van der Waals surface area contributed by atoms with Crippen molar-refractivity contribution in [1.82, 2.24) is 4.90 Å². The van der Waals surface area contributed by atoms with Gasteiger partial charge in [-0.05, 0) is 38.8 Å². The number of hydrogen-bond donors (Lipinski definition) is 1. The van der Waals surface area contributed by atoms with Crippen LogP contribution in [0, 0.1) is 17.7 Å². The molecule has 0 aromatic heterocycles. The number of likely N-dealkylation sites (tertiary alicyclic amines) is 1. The molecule has 1 aliphatic carbocycles. The van der Waals surface area contributed by atoms with Crippen molar-refractivity contribution >= 4 is 29.4 Å². The first-order valence-electron chi connectivity index (χ1n) is 9.09. The van der Waals surface area contributed by atoms with Crippen LogP contribution in [0.25, 0.3) is 0 Å². The summed E-state index contributed by atoms with van der Waals surface area (Å²) in [6.07, 6.45) is 3.41. The van der Waals surface area contributed by atoms with Crippen LogP contribution in [0.1, 0.15) is 26.7 Å². The molecule has 3 amide bonds. The Morgan fingerprint density at radius 1 is 1.11 bits per heavy atom. The van der Waals surface area contributed by atoms with Crippen LogP contribution in [0.15, 0.2) is 36.4 Å². The largest absolute Gasteiger partial charge is 0.451 e. The van der Waals surface area contributed by atoms with E-state index in [-0.39, 0.29) is 5.69 Å². The zero-order chi connectivity index (χ0) is 20.4. The fourth-order valence-electron chi connectivity index (χ4n) is 3.44. The van der Waals surface area contributed by atoms with Gasteiger partial charge in [0.25, 0.3) is 5.91 Å². The number of rotatable bonds is 5. The lowest BCUT2D eigenvalue weighted by molar-refractivity contribution is -0.163. The Labute approximate surface area is 161 Å². The van der Waals surface area contributed by atoms with E-state index < -0.39 is 53.5 Å². The standard InChI is InChI=1S/C20H21FN2O5/c1-11(23-18(25)13-7-3-4-8-14(13)19(23)26)20(27)28-12(2)17(24)22-16-10-6-5-9-15(16)21/h3-6,9-14H,7-8H2,1-2H3,(H,22,24)/t11-,12-,13-,14+/m0/s1. The molecule has 0 saturated carbocycles. The number of nitrogens with one attached hydrogen (secondary N) is 1. The molecular formula is C20H21FN2O5. The fraction of sp³-hybridized carbons (Fsp3) is 0.400. The van der Waals surface area contributed by atoms with Crippen LogP contribution in [0.4, 0.5) is 10.1 Å². The molecule has 148 valence electrons. The van der Waals surface area contributed by atoms with Crippen molar-refractivity contribution in [2.75, 3.05) is 5.32 Å². The van der Waals surface area contributed by atoms with Crippen molar-refractivity contribution in [3.05, 3.63) is 42.2 Å². The zero-order valence-corrected chi connectivity index (χ0v) is 15.6. The fourth-order valence-corrected chi connectivity index (χ4v) is 3.44. The number of anilines is 1. The average Bonchev–Trinajstić information content (AvgIpc) is 2.93. The van der Waals surface area contributed by atoms with E-state index >= 15 is 0 Å². The van der Waals surface area contributed by atoms with E-state index in [0.717, 1.165) is 4.90 Å². The van der Waals surface area contributed by atoms with Gasteiger partial charge in [-0.25, -0.2) is 9.18 Å². The number of fused-ring (bicyclic) bond motifs is 1. The molecule has 8 heteroatoms. The Morgan fingerprint density at radius 3 is 2.25 bits per heavy atom. The normalized spacial score (nSPS) is 23.2. The first-order chi connectivity index (χ1) is 13.3. The van der Waals surface area contributed by atoms with Crippen molar-refractivity contribution in [2.45, 2.75) is 38.8 Å². The number of halogens is 1. The number of benzene rings is 1. The van der Waals surface area contributed by atoms with Gasteiger partial charge in [-0.15, -0.1) is 0 Å². The summed E-state index contributed by atoms with van der Waals surface area (Å²) in [5, 5.41) is 2.34. The number of carbonyl (C=O) groups is 4. The number of amides is 3. The molecule has 0 bridgehead atoms. The van der Waals surface area contributed by atoms with E-state index in [9.17, 15) is 23.6 Å². The highest BCUT2D eigenvalue weighted by Crippen LogP contribution is 2.36. The minimum absolute atomic E-state index is 0.0371. The van der Waals surface area contributed by atoms with Crippen LogP contribution < -0.4 is 5.32 Å². The Morgan fingerprint density at radius 2 is 1.68 bits per heavy atom. The van der Waals surface area contributed by atoms with Gasteiger partial charge in [0, 0.05) is 0 Å². The Kier molecular flexibility index (Phi) is 5.58. The Bertz CT molecular complexity index is 827. The predicted molar refractivity (Wildman–Crippen MR) is 97.3 cm³/mol. The van der Waals surface area contributed by atoms with Gasteiger partial charge < -0.3 is 10.1 Å². The monoisotopic (exact) mass is 388 g/mol. The molecule has 28 heavy (non-hydrogen) atoms. The summed E-state index contributed by atoms with van der Waals surface area (Å²) in [4.78, 5) is 50.6. The van der Waals surface area contributed by atoms with E-state index in [2.05, 4.69) is 5.32 Å². The lowest BCUT2D eigenvalue weighted by atomic mass is 9.85. The smallest absolute Gasteiger partial charge is 0.329 e. The van der Waals surface area contributed by atoms with Crippen molar-refractivity contribution < 1.29 is 28.3 Å². The van der Waals surface area contributed by atoms with Gasteiger partial charge in [-0.2, -0.15) is 0 Å². The molecule has 1 saturated heterocycles. The number of para-hydroxylation sites is 1. The number of hydrogen-bond acceptors (Lipinski definition) is 5. The zero-order valence-electron chi connectivity index (χ0n) is 15.6. The quantitative estimate of drug-likeness (QED) is 0.473. The minimum atomic E-state index is -1.23. The number of carbonyl (C=O) groups excluding carboxylic acids is 4. The van der Waals surface area contributed by atoms with Crippen molar-refractivity contribution in [3.63, 3.8) is 0 Å². The number of nitrogens with zero attached hydrogens (tertiary/aromatic N) is 1. The summed E-state index contributed by atoms with van der Waals surface area (Å²) in [7, 11) is 0. The minimum Gasteiger partial charge on any atom is -0.451 e. The van der Waals surface area contributed by atoms with E-state index in [0.29, 0.717) is 12.8 Å². The molecule has 1 aromatic rings. The predicted octanol–water partition coefficient (Wildman–Crippen LogP) is 2.04. The average molecular weight is 388 g/mol. The number of ether oxygens (including phenoxy) is 1. The lowest BCUT2D eigenvalue weighted by Crippen LogP contribution is -2.46. The Balaban J connectivity index is 1.62. The maximum Gasteiger partial charge on any atom is 0.329 e. The molecule has 3 rings (SSSR count). The molecule has 0 spiro atoms. The highest BCUT2D eigenvalue weighted by Gasteiger charge is 2.50. The van der Waals surface area contributed by atoms with E-state index in [1.807, 2.05) is 12.2 Å². The number of allylic oxidation sites excluding steroid dienone is 2. The summed E-state index contributed by atoms with van der Waals surface area (Å²) in [6, 6.07) is 4.45. The second-order valence-electron chi connectivity index (χ2n) is 6.93. The van der Waals surface area contributed by atoms with Crippen LogP contribution in [-0.4, -0.2) is 40.7 Å². The summed E-state index contributed by atoms with van der Waals surface area (Å²) >= 11 is 0. The molecular weight excluding hydrogens is 367 g/mol. The molecule has 1 aliphatic heterocycles.